The molecule has 0 fully saturated rings. The van der Waals surface area contributed by atoms with Gasteiger partial charge in [-0.1, -0.05) is 6.92 Å². The van der Waals surface area contributed by atoms with Gasteiger partial charge in [0, 0.05) is 34.8 Å². The Morgan fingerprint density at radius 1 is 1.07 bits per heavy atom. The number of hydrogen-bond donors (Lipinski definition) is 2. The summed E-state index contributed by atoms with van der Waals surface area (Å²) in [5.41, 5.74) is 1.91. The fraction of sp³-hybridized carbons (Fsp3) is 0.263. The average molecular weight is 387 g/mol. The molecule has 2 rings (SSSR count). The Balaban J connectivity index is 1.86. The van der Waals surface area contributed by atoms with E-state index in [4.69, 9.17) is 0 Å². The molecular weight excluding hydrogens is 366 g/mol. The van der Waals surface area contributed by atoms with Crippen molar-refractivity contribution >= 4 is 40.6 Å². The molecular formula is C19H21N3O4S. The number of aryl methyl sites for hydroxylation is 1. The normalized spacial score (nSPS) is 10.3. The number of nitro groups is 1. The summed E-state index contributed by atoms with van der Waals surface area (Å²) in [6.45, 7) is 3.66. The molecule has 2 aromatic rings. The van der Waals surface area contributed by atoms with E-state index in [9.17, 15) is 19.7 Å². The SMILES string of the molecule is CCCC(=O)Nc1ccc(SCC(=O)Nc2ccc([N+](=O)[O-])cc2C)cc1. The molecule has 142 valence electrons. The van der Waals surface area contributed by atoms with Gasteiger partial charge in [0.15, 0.2) is 0 Å². The molecule has 2 N–H and O–H groups in total. The van der Waals surface area contributed by atoms with Gasteiger partial charge in [0.25, 0.3) is 5.69 Å². The summed E-state index contributed by atoms with van der Waals surface area (Å²) in [4.78, 5) is 34.9. The van der Waals surface area contributed by atoms with Gasteiger partial charge in [-0.25, -0.2) is 0 Å². The maximum absolute atomic E-state index is 12.1. The van der Waals surface area contributed by atoms with E-state index in [-0.39, 0.29) is 23.3 Å². The number of nitrogens with zero attached hydrogens (tertiary/aromatic N) is 1. The lowest BCUT2D eigenvalue weighted by molar-refractivity contribution is -0.384. The smallest absolute Gasteiger partial charge is 0.269 e. The lowest BCUT2D eigenvalue weighted by Gasteiger charge is -2.09. The Morgan fingerprint density at radius 3 is 2.37 bits per heavy atom. The van der Waals surface area contributed by atoms with Crippen LogP contribution in [-0.4, -0.2) is 22.5 Å². The summed E-state index contributed by atoms with van der Waals surface area (Å²) < 4.78 is 0. The van der Waals surface area contributed by atoms with E-state index in [1.54, 1.807) is 19.1 Å². The number of hydrogen-bond acceptors (Lipinski definition) is 5. The number of thioether (sulfide) groups is 1. The van der Waals surface area contributed by atoms with Crippen molar-refractivity contribution in [2.75, 3.05) is 16.4 Å². The topological polar surface area (TPSA) is 101 Å². The molecule has 0 saturated carbocycles. The lowest BCUT2D eigenvalue weighted by Crippen LogP contribution is -2.14. The van der Waals surface area contributed by atoms with Crippen molar-refractivity contribution < 1.29 is 14.5 Å². The van der Waals surface area contributed by atoms with Crippen molar-refractivity contribution in [1.29, 1.82) is 0 Å². The third kappa shape index (κ3) is 6.41. The third-order valence-electron chi connectivity index (χ3n) is 3.68. The van der Waals surface area contributed by atoms with Crippen LogP contribution in [0.2, 0.25) is 0 Å². The summed E-state index contributed by atoms with van der Waals surface area (Å²) >= 11 is 1.37. The summed E-state index contributed by atoms with van der Waals surface area (Å²) in [5, 5.41) is 16.3. The third-order valence-corrected chi connectivity index (χ3v) is 4.69. The molecule has 0 radical (unpaired) electrons. The number of carbonyl (C=O) groups is 2. The van der Waals surface area contributed by atoms with Gasteiger partial charge in [0.2, 0.25) is 11.8 Å². The second-order valence-electron chi connectivity index (χ2n) is 5.92. The first-order valence-electron chi connectivity index (χ1n) is 8.46. The van der Waals surface area contributed by atoms with Crippen molar-refractivity contribution in [2.45, 2.75) is 31.6 Å². The van der Waals surface area contributed by atoms with Crippen LogP contribution in [0.15, 0.2) is 47.4 Å². The zero-order valence-corrected chi connectivity index (χ0v) is 16.0. The zero-order chi connectivity index (χ0) is 19.8. The maximum Gasteiger partial charge on any atom is 0.269 e. The average Bonchev–Trinajstić information content (AvgIpc) is 2.63. The van der Waals surface area contributed by atoms with E-state index in [0.717, 1.165) is 17.0 Å². The number of nitrogens with one attached hydrogen (secondary N) is 2. The molecule has 0 aliphatic heterocycles. The maximum atomic E-state index is 12.1. The quantitative estimate of drug-likeness (QED) is 0.398. The molecule has 7 nitrogen and oxygen atoms in total. The van der Waals surface area contributed by atoms with E-state index in [0.29, 0.717) is 17.7 Å². The second-order valence-corrected chi connectivity index (χ2v) is 6.96. The number of benzene rings is 2. The van der Waals surface area contributed by atoms with Crippen LogP contribution >= 0.6 is 11.8 Å². The minimum Gasteiger partial charge on any atom is -0.326 e. The molecule has 0 aromatic heterocycles. The fourth-order valence-corrected chi connectivity index (χ4v) is 3.02. The van der Waals surface area contributed by atoms with Crippen LogP contribution in [0.25, 0.3) is 0 Å². The summed E-state index contributed by atoms with van der Waals surface area (Å²) in [5.74, 6) is -0.00847. The molecule has 8 heteroatoms. The van der Waals surface area contributed by atoms with Crippen LogP contribution in [-0.2, 0) is 9.59 Å². The van der Waals surface area contributed by atoms with Crippen molar-refractivity contribution in [1.82, 2.24) is 0 Å². The Bertz CT molecular complexity index is 837. The molecule has 0 unspecified atom stereocenters. The highest BCUT2D eigenvalue weighted by Crippen LogP contribution is 2.23. The van der Waals surface area contributed by atoms with E-state index in [2.05, 4.69) is 10.6 Å². The molecule has 27 heavy (non-hydrogen) atoms. The molecule has 0 heterocycles. The van der Waals surface area contributed by atoms with E-state index >= 15 is 0 Å². The van der Waals surface area contributed by atoms with E-state index in [1.165, 1.54) is 30.0 Å². The van der Waals surface area contributed by atoms with Gasteiger partial charge >= 0.3 is 0 Å². The van der Waals surface area contributed by atoms with Crippen molar-refractivity contribution in [3.05, 3.63) is 58.1 Å². The number of anilines is 2. The summed E-state index contributed by atoms with van der Waals surface area (Å²) in [7, 11) is 0. The van der Waals surface area contributed by atoms with Gasteiger partial charge in [0.05, 0.1) is 10.7 Å². The molecule has 2 amide bonds. The summed E-state index contributed by atoms with van der Waals surface area (Å²) in [6.07, 6.45) is 1.28. The molecule has 0 aliphatic rings. The van der Waals surface area contributed by atoms with Gasteiger partial charge in [-0.05, 0) is 49.2 Å². The van der Waals surface area contributed by atoms with Gasteiger partial charge in [0.1, 0.15) is 0 Å². The molecule has 2 aromatic carbocycles. The molecule has 0 bridgehead atoms. The first-order chi connectivity index (χ1) is 12.9. The lowest BCUT2D eigenvalue weighted by atomic mass is 10.2. The molecule has 0 saturated heterocycles. The molecule has 0 aliphatic carbocycles. The first kappa shape index (κ1) is 20.4. The minimum absolute atomic E-state index is 0.00834. The van der Waals surface area contributed by atoms with Crippen molar-refractivity contribution in [3.8, 4) is 0 Å². The first-order valence-corrected chi connectivity index (χ1v) is 9.45. The standard InChI is InChI=1S/C19H21N3O4S/c1-3-4-18(23)20-14-5-8-16(9-6-14)27-12-19(24)21-17-10-7-15(22(25)26)11-13(17)2/h5-11H,3-4,12H2,1-2H3,(H,20,23)(H,21,24). The Labute approximate surface area is 161 Å². The van der Waals surface area contributed by atoms with Crippen LogP contribution in [0.3, 0.4) is 0 Å². The van der Waals surface area contributed by atoms with E-state index < -0.39 is 4.92 Å². The Hall–Kier alpha value is -2.87. The predicted molar refractivity (Wildman–Crippen MR) is 107 cm³/mol. The number of non-ortho nitro benzene ring substituents is 1. The van der Waals surface area contributed by atoms with Crippen LogP contribution in [0.1, 0.15) is 25.3 Å². The van der Waals surface area contributed by atoms with Gasteiger partial charge in [-0.2, -0.15) is 0 Å². The van der Waals surface area contributed by atoms with Crippen LogP contribution in [0.5, 0.6) is 0 Å². The Morgan fingerprint density at radius 2 is 1.78 bits per heavy atom. The largest absolute Gasteiger partial charge is 0.326 e. The van der Waals surface area contributed by atoms with Gasteiger partial charge in [-0.3, -0.25) is 19.7 Å². The van der Waals surface area contributed by atoms with Gasteiger partial charge in [-0.15, -0.1) is 11.8 Å². The molecule has 0 atom stereocenters. The summed E-state index contributed by atoms with van der Waals surface area (Å²) in [6, 6.07) is 11.6. The highest BCUT2D eigenvalue weighted by atomic mass is 32.2. The number of rotatable bonds is 8. The van der Waals surface area contributed by atoms with Gasteiger partial charge < -0.3 is 10.6 Å². The van der Waals surface area contributed by atoms with Crippen LogP contribution < -0.4 is 10.6 Å². The number of amides is 2. The number of nitro benzene ring substituents is 1. The fourth-order valence-electron chi connectivity index (χ4n) is 2.32. The highest BCUT2D eigenvalue weighted by Gasteiger charge is 2.10. The minimum atomic E-state index is -0.469. The predicted octanol–water partition coefficient (Wildman–Crippen LogP) is 4.37. The second kappa shape index (κ2) is 9.72. The van der Waals surface area contributed by atoms with Crippen LogP contribution in [0, 0.1) is 17.0 Å². The van der Waals surface area contributed by atoms with Crippen molar-refractivity contribution in [2.24, 2.45) is 0 Å². The van der Waals surface area contributed by atoms with Crippen LogP contribution in [0.4, 0.5) is 17.1 Å². The number of carbonyl (C=O) groups excluding carboxylic acids is 2. The Kier molecular flexibility index (Phi) is 7.36. The monoisotopic (exact) mass is 387 g/mol. The molecule has 0 spiro atoms. The highest BCUT2D eigenvalue weighted by molar-refractivity contribution is 8.00. The zero-order valence-electron chi connectivity index (χ0n) is 15.2. The van der Waals surface area contributed by atoms with E-state index in [1.807, 2.05) is 19.1 Å². The van der Waals surface area contributed by atoms with Crippen molar-refractivity contribution in [3.63, 3.8) is 0 Å².